The maximum absolute atomic E-state index is 12.0. The fourth-order valence-electron chi connectivity index (χ4n) is 4.50. The molecular formula is C24H31N5O7S2. The zero-order valence-electron chi connectivity index (χ0n) is 21.2. The highest BCUT2D eigenvalue weighted by Crippen LogP contribution is 2.35. The van der Waals surface area contributed by atoms with Crippen molar-refractivity contribution in [3.63, 3.8) is 0 Å². The third-order valence-corrected chi connectivity index (χ3v) is 10.0. The largest absolute Gasteiger partial charge is 0.465 e. The monoisotopic (exact) mass is 565 g/mol. The molecule has 4 rings (SSSR count). The Balaban J connectivity index is 0.000000212. The lowest BCUT2D eigenvalue weighted by atomic mass is 9.98. The summed E-state index contributed by atoms with van der Waals surface area (Å²) in [6.07, 6.45) is 1.16. The number of hydrogen-bond acceptors (Lipinski definition) is 9. The second-order valence-corrected chi connectivity index (χ2v) is 12.9. The van der Waals surface area contributed by atoms with Crippen LogP contribution in [0.25, 0.3) is 0 Å². The van der Waals surface area contributed by atoms with E-state index in [1.807, 2.05) is 13.8 Å². The molecule has 0 fully saturated rings. The molecule has 0 saturated heterocycles. The molecule has 1 amide bonds. The molecule has 0 spiro atoms. The van der Waals surface area contributed by atoms with Crippen LogP contribution in [0.2, 0.25) is 0 Å². The second kappa shape index (κ2) is 10.8. The first kappa shape index (κ1) is 29.2. The van der Waals surface area contributed by atoms with Gasteiger partial charge in [0.25, 0.3) is 5.91 Å². The molecule has 2 unspecified atom stereocenters. The molecule has 0 aliphatic carbocycles. The van der Waals surface area contributed by atoms with Crippen LogP contribution in [0.3, 0.4) is 0 Å². The molecule has 38 heavy (non-hydrogen) atoms. The molecule has 2 atom stereocenters. The van der Waals surface area contributed by atoms with Crippen LogP contribution in [0.15, 0.2) is 39.0 Å². The van der Waals surface area contributed by atoms with Crippen molar-refractivity contribution in [1.82, 2.24) is 0 Å². The number of sulfone groups is 2. The number of hydrogen-bond donors (Lipinski definition) is 4. The van der Waals surface area contributed by atoms with E-state index in [0.717, 1.165) is 5.56 Å². The number of nitrogens with two attached hydrogens (primary N) is 4. The number of aryl methyl sites for hydroxylation is 2. The highest BCUT2D eigenvalue weighted by atomic mass is 32.2. The fraction of sp³-hybridized carbons (Fsp3) is 0.375. The Morgan fingerprint density at radius 3 is 1.66 bits per heavy atom. The third-order valence-electron chi connectivity index (χ3n) is 6.37. The zero-order valence-corrected chi connectivity index (χ0v) is 22.9. The van der Waals surface area contributed by atoms with Crippen molar-refractivity contribution < 1.29 is 31.2 Å². The molecule has 2 aromatic carbocycles. The van der Waals surface area contributed by atoms with E-state index < -0.39 is 43.6 Å². The van der Waals surface area contributed by atoms with Crippen molar-refractivity contribution in [2.45, 2.75) is 48.6 Å². The maximum Gasteiger partial charge on any atom is 0.338 e. The van der Waals surface area contributed by atoms with Crippen molar-refractivity contribution in [2.75, 3.05) is 18.6 Å². The van der Waals surface area contributed by atoms with Crippen LogP contribution in [0, 0.1) is 0 Å². The smallest absolute Gasteiger partial charge is 0.338 e. The van der Waals surface area contributed by atoms with Crippen LogP contribution < -0.4 is 22.9 Å². The number of esters is 1. The third kappa shape index (κ3) is 5.57. The van der Waals surface area contributed by atoms with Gasteiger partial charge < -0.3 is 27.7 Å². The summed E-state index contributed by atoms with van der Waals surface area (Å²) >= 11 is 0. The summed E-state index contributed by atoms with van der Waals surface area (Å²) in [5.41, 5.74) is 25.1. The zero-order chi connectivity index (χ0) is 28.6. The lowest BCUT2D eigenvalue weighted by Crippen LogP contribution is -2.24. The highest BCUT2D eigenvalue weighted by molar-refractivity contribution is 7.92. The number of amides is 1. The van der Waals surface area contributed by atoms with E-state index >= 15 is 0 Å². The Labute approximate surface area is 221 Å². The van der Waals surface area contributed by atoms with Gasteiger partial charge in [-0.25, -0.2) is 21.6 Å². The van der Waals surface area contributed by atoms with Crippen molar-refractivity contribution in [1.29, 1.82) is 0 Å². The van der Waals surface area contributed by atoms with Crippen LogP contribution in [-0.2, 0) is 37.3 Å². The molecule has 12 nitrogen and oxygen atoms in total. The van der Waals surface area contributed by atoms with Gasteiger partial charge in [-0.1, -0.05) is 26.0 Å². The van der Waals surface area contributed by atoms with E-state index in [1.165, 1.54) is 19.2 Å². The second-order valence-electron chi connectivity index (χ2n) is 8.91. The number of nitrogens with zero attached hydrogens (tertiary/aromatic N) is 1. The van der Waals surface area contributed by atoms with Crippen LogP contribution in [0.1, 0.15) is 68.9 Å². The number of guanidine groups is 1. The number of methoxy groups -OCH3 is 1. The summed E-state index contributed by atoms with van der Waals surface area (Å²) in [5, 5.41) is 0. The van der Waals surface area contributed by atoms with E-state index in [0.29, 0.717) is 35.1 Å². The predicted molar refractivity (Wildman–Crippen MR) is 141 cm³/mol. The van der Waals surface area contributed by atoms with Crippen LogP contribution >= 0.6 is 0 Å². The predicted octanol–water partition coefficient (Wildman–Crippen LogP) is 0.272. The molecular weight excluding hydrogens is 534 g/mol. The average molecular weight is 566 g/mol. The van der Waals surface area contributed by atoms with E-state index in [-0.39, 0.29) is 32.8 Å². The van der Waals surface area contributed by atoms with Gasteiger partial charge in [0.2, 0.25) is 0 Å². The number of ether oxygens (including phenoxy) is 1. The number of carbonyl (C=O) groups excluding carboxylic acids is 2. The molecule has 206 valence electrons. The normalized spacial score (nSPS) is 19.9. The van der Waals surface area contributed by atoms with E-state index in [1.54, 1.807) is 12.1 Å². The SMILES string of the molecule is CCc1cc2c(cc1C(=O)N=C(N)N)S(=O)(=O)CC2N.CCc1cc2c(cc1C(=O)OC)S(=O)(=O)CC2N. The van der Waals surface area contributed by atoms with Crippen molar-refractivity contribution >= 4 is 37.5 Å². The number of rotatable bonds is 4. The molecule has 14 heteroatoms. The van der Waals surface area contributed by atoms with E-state index in [9.17, 15) is 26.4 Å². The Morgan fingerprint density at radius 1 is 0.842 bits per heavy atom. The van der Waals surface area contributed by atoms with Crippen LogP contribution in [0.4, 0.5) is 0 Å². The standard InChI is InChI=1S/C12H16N4O3S.C12H15NO4S/c1-2-6-3-8-9(13)5-20(18,19)10(8)4-7(6)11(17)16-12(14)15;1-3-7-4-9-10(13)6-18(15,16)11(9)5-8(7)12(14)17-2/h3-4,9H,2,5,13H2,1H3,(H4,14,15,16,17);4-5,10H,3,6,13H2,1-2H3. The summed E-state index contributed by atoms with van der Waals surface area (Å²) in [7, 11) is -5.56. The summed E-state index contributed by atoms with van der Waals surface area (Å²) in [5.74, 6) is -1.79. The molecule has 2 heterocycles. The highest BCUT2D eigenvalue weighted by Gasteiger charge is 2.35. The molecule has 0 aromatic heterocycles. The Bertz CT molecular complexity index is 1550. The van der Waals surface area contributed by atoms with Gasteiger partial charge in [0.1, 0.15) is 0 Å². The Hall–Kier alpha value is -3.33. The van der Waals surface area contributed by atoms with E-state index in [4.69, 9.17) is 22.9 Å². The molecule has 0 radical (unpaired) electrons. The van der Waals surface area contributed by atoms with Gasteiger partial charge in [-0.15, -0.1) is 0 Å². The minimum Gasteiger partial charge on any atom is -0.465 e. The Morgan fingerprint density at radius 2 is 1.26 bits per heavy atom. The molecule has 2 aliphatic rings. The van der Waals surface area contributed by atoms with Crippen molar-refractivity contribution in [3.8, 4) is 0 Å². The average Bonchev–Trinajstić information content (AvgIpc) is 3.22. The van der Waals surface area contributed by atoms with Crippen molar-refractivity contribution in [3.05, 3.63) is 57.6 Å². The molecule has 8 N–H and O–H groups in total. The lowest BCUT2D eigenvalue weighted by Gasteiger charge is -2.10. The van der Waals surface area contributed by atoms with Crippen molar-refractivity contribution in [2.24, 2.45) is 27.9 Å². The molecule has 2 aliphatic heterocycles. The minimum absolute atomic E-state index is 0.0938. The number of carbonyl (C=O) groups is 2. The quantitative estimate of drug-likeness (QED) is 0.223. The first-order valence-electron chi connectivity index (χ1n) is 11.7. The topological polar surface area (TPSA) is 228 Å². The van der Waals surface area contributed by atoms with Gasteiger partial charge in [0.15, 0.2) is 25.6 Å². The summed E-state index contributed by atoms with van der Waals surface area (Å²) < 4.78 is 52.4. The number of benzene rings is 2. The van der Waals surface area contributed by atoms with E-state index in [2.05, 4.69) is 9.73 Å². The van der Waals surface area contributed by atoms with Gasteiger partial charge in [-0.2, -0.15) is 4.99 Å². The van der Waals surface area contributed by atoms with Gasteiger partial charge in [-0.05, 0) is 47.2 Å². The van der Waals surface area contributed by atoms with Gasteiger partial charge >= 0.3 is 5.97 Å². The fourth-order valence-corrected chi connectivity index (χ4v) is 7.90. The number of fused-ring (bicyclic) bond motifs is 2. The van der Waals surface area contributed by atoms with Gasteiger partial charge in [-0.3, -0.25) is 4.79 Å². The van der Waals surface area contributed by atoms with Crippen LogP contribution in [-0.4, -0.2) is 53.3 Å². The van der Waals surface area contributed by atoms with Crippen LogP contribution in [0.5, 0.6) is 0 Å². The van der Waals surface area contributed by atoms with Gasteiger partial charge in [0.05, 0.1) is 34.0 Å². The summed E-state index contributed by atoms with van der Waals surface area (Å²) in [6, 6.07) is 5.00. The minimum atomic E-state index is -3.45. The first-order valence-corrected chi connectivity index (χ1v) is 15.0. The Kier molecular flexibility index (Phi) is 8.31. The lowest BCUT2D eigenvalue weighted by molar-refractivity contribution is 0.0599. The molecule has 2 aromatic rings. The molecule has 0 bridgehead atoms. The summed E-state index contributed by atoms with van der Waals surface area (Å²) in [4.78, 5) is 27.3. The maximum atomic E-state index is 12.0. The summed E-state index contributed by atoms with van der Waals surface area (Å²) in [6.45, 7) is 3.74. The van der Waals surface area contributed by atoms with Gasteiger partial charge in [0, 0.05) is 17.6 Å². The first-order chi connectivity index (χ1) is 17.7. The number of aliphatic imine (C=N–C) groups is 1. The molecule has 0 saturated carbocycles.